The number of rotatable bonds is 0. The summed E-state index contributed by atoms with van der Waals surface area (Å²) < 4.78 is 50.2. The molecule has 0 aromatic heterocycles. The molecule has 0 heterocycles. The van der Waals surface area contributed by atoms with Crippen LogP contribution in [0.4, 0.5) is 28.9 Å². The van der Waals surface area contributed by atoms with E-state index in [9.17, 15) is 17.6 Å². The average Bonchev–Trinajstić information content (AvgIpc) is 3.08. The third-order valence-electron chi connectivity index (χ3n) is 6.01. The summed E-state index contributed by atoms with van der Waals surface area (Å²) in [5.74, 6) is -6.00. The number of nitrogens with zero attached hydrogens (tertiary/aromatic N) is 4. The van der Waals surface area contributed by atoms with Crippen molar-refractivity contribution >= 4 is 110 Å². The van der Waals surface area contributed by atoms with Crippen LogP contribution in [0.5, 0.6) is 0 Å². The van der Waals surface area contributed by atoms with Crippen LogP contribution < -0.4 is 41.7 Å². The molecular weight excluding hydrogens is 706 g/mol. The molecule has 0 atom stereocenters. The Hall–Kier alpha value is -5.32. The van der Waals surface area contributed by atoms with E-state index >= 15 is 0 Å². The van der Waals surface area contributed by atoms with Crippen LogP contribution in [-0.4, -0.2) is 0 Å². The second-order valence-electron chi connectivity index (χ2n) is 9.09. The van der Waals surface area contributed by atoms with Crippen molar-refractivity contribution in [3.63, 3.8) is 0 Å². The van der Waals surface area contributed by atoms with Gasteiger partial charge < -0.3 is 0 Å². The zero-order valence-electron chi connectivity index (χ0n) is 24.8. The predicted molar refractivity (Wildman–Crippen MR) is 189 cm³/mol. The van der Waals surface area contributed by atoms with E-state index in [0.29, 0.717) is 30.5 Å². The summed E-state index contributed by atoms with van der Waals surface area (Å²) in [5.41, 5.74) is 0.0305. The zero-order chi connectivity index (χ0) is 37.2. The van der Waals surface area contributed by atoms with E-state index in [1.807, 2.05) is 36.4 Å². The smallest absolute Gasteiger partial charge is 0.203 e. The van der Waals surface area contributed by atoms with Crippen molar-refractivity contribution in [2.24, 2.45) is 0 Å². The fourth-order valence-electron chi connectivity index (χ4n) is 3.30. The molecule has 240 valence electrons. The molecule has 4 aromatic carbocycles. The van der Waals surface area contributed by atoms with Crippen LogP contribution in [0.25, 0.3) is 62.3 Å². The van der Waals surface area contributed by atoms with Crippen molar-refractivity contribution in [1.29, 1.82) is 10.5 Å². The van der Waals surface area contributed by atoms with Crippen molar-refractivity contribution in [1.82, 2.24) is 0 Å². The number of hydrogen-bond donors (Lipinski definition) is 0. The lowest BCUT2D eigenvalue weighted by atomic mass is 10.0. The van der Waals surface area contributed by atoms with Gasteiger partial charge in [0.2, 0.25) is 11.4 Å². The van der Waals surface area contributed by atoms with E-state index in [-0.39, 0.29) is 32.9 Å². The molecule has 0 N–H and O–H groups in total. The molecule has 4 nitrogen and oxygen atoms in total. The highest BCUT2D eigenvalue weighted by Gasteiger charge is 2.15. The quantitative estimate of drug-likeness (QED) is 0.126. The third-order valence-corrected chi connectivity index (χ3v) is 7.87. The first-order valence-electron chi connectivity index (χ1n) is 12.5. The maximum Gasteiger partial charge on any atom is 0.203 e. The first-order valence-corrected chi connectivity index (χ1v) is 14.0. The Bertz CT molecular complexity index is 2140. The van der Waals surface area contributed by atoms with Gasteiger partial charge in [-0.25, -0.2) is 27.3 Å². The second-order valence-corrected chi connectivity index (χ2v) is 10.6. The van der Waals surface area contributed by atoms with Crippen molar-refractivity contribution < 1.29 is 17.6 Å². The van der Waals surface area contributed by atoms with Crippen LogP contribution >= 0.6 is 46.4 Å². The lowest BCUT2D eigenvalue weighted by Crippen LogP contribution is -2.26. The fourth-order valence-corrected chi connectivity index (χ4v) is 4.23. The minimum absolute atomic E-state index is 0.00412. The molecule has 0 saturated carbocycles. The highest BCUT2D eigenvalue weighted by molar-refractivity contribution is 6.47. The molecule has 0 spiro atoms. The second kappa shape index (κ2) is 17.6. The van der Waals surface area contributed by atoms with Crippen molar-refractivity contribution in [2.75, 3.05) is 0 Å². The molecule has 0 aliphatic rings. The van der Waals surface area contributed by atoms with Crippen LogP contribution in [0.1, 0.15) is 11.1 Å². The van der Waals surface area contributed by atoms with Crippen molar-refractivity contribution in [2.45, 2.75) is 0 Å². The van der Waals surface area contributed by atoms with Gasteiger partial charge in [-0.05, 0) is 20.9 Å². The van der Waals surface area contributed by atoms with Gasteiger partial charge >= 0.3 is 0 Å². The summed E-state index contributed by atoms with van der Waals surface area (Å²) >= 11 is 23.1. The van der Waals surface area contributed by atoms with E-state index < -0.39 is 33.7 Å². The SMILES string of the molecule is C=c1c(Cl)c(Cl)c(=C)c(Cl)c1Cl.C=c1c(F)c(F)c(=C)c(F)c1F.C=c1ccc(=C)cc1.[C-]#[N+]c1c([N+]#[C-])c(=C)c(C#N)c(C#N)c1=C. The lowest BCUT2D eigenvalue weighted by molar-refractivity contribution is 0.436. The zero-order valence-corrected chi connectivity index (χ0v) is 27.8. The molecule has 0 saturated heterocycles. The first kappa shape index (κ1) is 40.7. The number of hydrogen-bond acceptors (Lipinski definition) is 2. The summed E-state index contributed by atoms with van der Waals surface area (Å²) in [4.78, 5) is 6.32. The predicted octanol–water partition coefficient (Wildman–Crippen LogP) is 6.04. The van der Waals surface area contributed by atoms with E-state index in [1.54, 1.807) is 0 Å². The van der Waals surface area contributed by atoms with Crippen LogP contribution in [0, 0.1) is 59.1 Å². The molecule has 0 fully saturated rings. The largest absolute Gasteiger partial charge is 0.249 e. The first-order chi connectivity index (χ1) is 22.3. The third kappa shape index (κ3) is 8.93. The Morgan fingerprint density at radius 3 is 0.896 bits per heavy atom. The molecule has 0 radical (unpaired) electrons. The van der Waals surface area contributed by atoms with E-state index in [2.05, 4.69) is 62.3 Å². The van der Waals surface area contributed by atoms with Gasteiger partial charge in [-0.3, -0.25) is 0 Å². The number of nitriles is 2. The standard InChI is InChI=1S/C12H4N4.C8H4Cl4.C8H4F4.C8H8/c1-7-9(5-13)10(6-14)8(2)12(16-4)11(7)15-3;2*1-3-5(9)7(11)4(2)8(12)6(3)10;1-7-3-5-8(2)6-4-7/h1-2H2;2*1-2H2;3-6H,1-2H2. The molecular formula is C36H20Cl4F4N4. The maximum absolute atomic E-state index is 12.5. The highest BCUT2D eigenvalue weighted by Crippen LogP contribution is 2.22. The summed E-state index contributed by atoms with van der Waals surface area (Å²) in [5, 5.41) is 20.3. The van der Waals surface area contributed by atoms with E-state index in [1.165, 1.54) is 0 Å². The topological polar surface area (TPSA) is 56.3 Å². The molecule has 0 unspecified atom stereocenters. The Kier molecular flexibility index (Phi) is 14.9. The molecule has 4 rings (SSSR count). The highest BCUT2D eigenvalue weighted by atomic mass is 35.5. The Balaban J connectivity index is 0.000000328. The Labute approximate surface area is 292 Å². The molecule has 12 heteroatoms. The fraction of sp³-hybridized carbons (Fsp3) is 0. The lowest BCUT2D eigenvalue weighted by Gasteiger charge is -2.02. The summed E-state index contributed by atoms with van der Waals surface area (Å²) in [6.45, 7) is 41.4. The van der Waals surface area contributed by atoms with Crippen LogP contribution in [0.3, 0.4) is 0 Å². The van der Waals surface area contributed by atoms with Gasteiger partial charge in [-0.15, -0.1) is 13.2 Å². The van der Waals surface area contributed by atoms with Gasteiger partial charge in [0, 0.05) is 20.9 Å². The average molecular weight is 726 g/mol. The van der Waals surface area contributed by atoms with Gasteiger partial charge in [-0.2, -0.15) is 10.5 Å². The van der Waals surface area contributed by atoms with Gasteiger partial charge in [0.05, 0.1) is 56.5 Å². The van der Waals surface area contributed by atoms with Crippen molar-refractivity contribution in [3.05, 3.63) is 143 Å². The van der Waals surface area contributed by atoms with E-state index in [4.69, 9.17) is 70.1 Å². The monoisotopic (exact) mass is 724 g/mol. The molecule has 0 amide bonds. The molecule has 48 heavy (non-hydrogen) atoms. The van der Waals surface area contributed by atoms with E-state index in [0.717, 1.165) is 10.4 Å². The summed E-state index contributed by atoms with van der Waals surface area (Å²) in [6, 6.07) is 11.4. The maximum atomic E-state index is 12.5. The minimum atomic E-state index is -1.50. The van der Waals surface area contributed by atoms with Crippen LogP contribution in [0.2, 0.25) is 20.1 Å². The van der Waals surface area contributed by atoms with Crippen molar-refractivity contribution in [3.8, 4) is 12.1 Å². The minimum Gasteiger partial charge on any atom is -0.249 e. The molecule has 4 aromatic rings. The molecule has 0 aliphatic heterocycles. The van der Waals surface area contributed by atoms with Gasteiger partial charge in [0.25, 0.3) is 0 Å². The Morgan fingerprint density at radius 2 is 0.708 bits per heavy atom. The van der Waals surface area contributed by atoms with Gasteiger partial charge in [0.15, 0.2) is 23.3 Å². The number of halogens is 8. The normalized spacial score (nSPS) is 9.42. The molecule has 0 aliphatic carbocycles. The van der Waals surface area contributed by atoms with Gasteiger partial charge in [-0.1, -0.05) is 110 Å². The summed E-state index contributed by atoms with van der Waals surface area (Å²) in [6.07, 6.45) is 0. The van der Waals surface area contributed by atoms with Gasteiger partial charge in [0.1, 0.15) is 0 Å². The summed E-state index contributed by atoms with van der Waals surface area (Å²) in [7, 11) is 0. The van der Waals surface area contributed by atoms with Crippen LogP contribution in [0.15, 0.2) is 24.3 Å². The molecule has 0 bridgehead atoms. The Morgan fingerprint density at radius 1 is 0.479 bits per heavy atom. The van der Waals surface area contributed by atoms with Crippen LogP contribution in [-0.2, 0) is 0 Å². The number of benzene rings is 4.